The smallest absolute Gasteiger partial charge is 0.335 e. The van der Waals surface area contributed by atoms with Gasteiger partial charge in [-0.15, -0.1) is 0 Å². The number of ether oxygens (including phenoxy) is 1. The first-order valence-electron chi connectivity index (χ1n) is 13.5. The van der Waals surface area contributed by atoms with Crippen molar-refractivity contribution in [1.82, 2.24) is 10.1 Å². The first kappa shape index (κ1) is 26.8. The highest BCUT2D eigenvalue weighted by Crippen LogP contribution is 2.45. The monoisotopic (exact) mass is 571 g/mol. The summed E-state index contributed by atoms with van der Waals surface area (Å²) in [5.74, 6) is -2.42. The van der Waals surface area contributed by atoms with E-state index < -0.39 is 23.4 Å². The summed E-state index contributed by atoms with van der Waals surface area (Å²) < 4.78 is 55.8. The predicted octanol–water partition coefficient (Wildman–Crippen LogP) is 7.30. The second-order valence-corrected chi connectivity index (χ2v) is 11.4. The second-order valence-electron chi connectivity index (χ2n) is 10.4. The molecule has 7 nitrogen and oxygen atoms in total. The lowest BCUT2D eigenvalue weighted by molar-refractivity contribution is 0.0696. The van der Waals surface area contributed by atoms with Gasteiger partial charge in [-0.3, -0.25) is 0 Å². The topological polar surface area (TPSA) is 88.7 Å². The Bertz CT molecular complexity index is 1550. The van der Waals surface area contributed by atoms with Gasteiger partial charge in [-0.05, 0) is 62.8 Å². The van der Waals surface area contributed by atoms with Crippen molar-refractivity contribution in [2.45, 2.75) is 70.1 Å². The Morgan fingerprint density at radius 1 is 1.12 bits per heavy atom. The highest BCUT2D eigenvalue weighted by molar-refractivity contribution is 7.22. The molecular formula is C29H28F3N3O4S. The van der Waals surface area contributed by atoms with E-state index in [1.54, 1.807) is 0 Å². The third-order valence-electron chi connectivity index (χ3n) is 7.80. The minimum absolute atomic E-state index is 0.0985. The molecule has 1 aliphatic carbocycles. The summed E-state index contributed by atoms with van der Waals surface area (Å²) in [7, 11) is 0. The summed E-state index contributed by atoms with van der Waals surface area (Å²) >= 11 is 1.29. The van der Waals surface area contributed by atoms with Crippen LogP contribution in [0.3, 0.4) is 0 Å². The molecule has 1 aliphatic heterocycles. The Morgan fingerprint density at radius 3 is 2.58 bits per heavy atom. The number of aromatic carboxylic acids is 1. The van der Waals surface area contributed by atoms with Crippen molar-refractivity contribution in [3.8, 4) is 11.3 Å². The van der Waals surface area contributed by atoms with E-state index in [2.05, 4.69) is 22.0 Å². The number of hydrogen-bond donors (Lipinski definition) is 1. The summed E-state index contributed by atoms with van der Waals surface area (Å²) in [6.45, 7) is 2.60. The molecule has 1 N–H and O–H groups in total. The van der Waals surface area contributed by atoms with Gasteiger partial charge in [0.15, 0.2) is 10.9 Å². The quantitative estimate of drug-likeness (QED) is 0.200. The highest BCUT2D eigenvalue weighted by Gasteiger charge is 2.36. The standard InChI is InChI=1S/C29H28F3N3O4S/c1-2-17-8-9-18(35(17)29-33-26-22(32)12-16(28(36)37)13-23(26)40-29)10-11-38-14-19-25(34-39-27(19)15-6-7-15)24-20(30)4-3-5-21(24)31/h3-5,12-13,15,17-18H,2,6-11,14H2,1H3,(H,36,37)/t17?,18-/m0/s1. The fourth-order valence-electron chi connectivity index (χ4n) is 5.61. The van der Waals surface area contributed by atoms with Crippen LogP contribution in [-0.2, 0) is 11.3 Å². The molecule has 1 saturated heterocycles. The molecule has 6 rings (SSSR count). The number of anilines is 1. The largest absolute Gasteiger partial charge is 0.478 e. The summed E-state index contributed by atoms with van der Waals surface area (Å²) in [5.41, 5.74) is 0.585. The molecule has 2 aliphatic rings. The maximum absolute atomic E-state index is 14.6. The van der Waals surface area contributed by atoms with Gasteiger partial charge >= 0.3 is 5.97 Å². The Balaban J connectivity index is 1.19. The van der Waals surface area contributed by atoms with Gasteiger partial charge in [0.05, 0.1) is 22.4 Å². The number of carboxylic acid groups (broad SMARTS) is 1. The molecule has 4 aromatic rings. The van der Waals surface area contributed by atoms with Crippen molar-refractivity contribution < 1.29 is 32.3 Å². The van der Waals surface area contributed by atoms with Crippen molar-refractivity contribution in [1.29, 1.82) is 0 Å². The van der Waals surface area contributed by atoms with Crippen LogP contribution in [0.4, 0.5) is 18.3 Å². The predicted molar refractivity (Wildman–Crippen MR) is 144 cm³/mol. The van der Waals surface area contributed by atoms with E-state index >= 15 is 0 Å². The van der Waals surface area contributed by atoms with Gasteiger partial charge in [-0.2, -0.15) is 0 Å². The van der Waals surface area contributed by atoms with E-state index in [0.717, 1.165) is 38.2 Å². The van der Waals surface area contributed by atoms with Crippen LogP contribution < -0.4 is 4.90 Å². The number of benzene rings is 2. The Hall–Kier alpha value is -3.44. The summed E-state index contributed by atoms with van der Waals surface area (Å²) in [6, 6.07) is 6.50. The van der Waals surface area contributed by atoms with Gasteiger partial charge in [0.25, 0.3) is 0 Å². The van der Waals surface area contributed by atoms with E-state index in [-0.39, 0.29) is 46.9 Å². The van der Waals surface area contributed by atoms with E-state index in [9.17, 15) is 23.1 Å². The lowest BCUT2D eigenvalue weighted by Crippen LogP contribution is -2.36. The maximum atomic E-state index is 14.6. The van der Waals surface area contributed by atoms with Crippen molar-refractivity contribution >= 4 is 32.7 Å². The number of hydrogen-bond acceptors (Lipinski definition) is 7. The van der Waals surface area contributed by atoms with E-state index in [4.69, 9.17) is 9.26 Å². The van der Waals surface area contributed by atoms with Gasteiger partial charge in [0.2, 0.25) is 0 Å². The van der Waals surface area contributed by atoms with Crippen LogP contribution in [0, 0.1) is 17.5 Å². The zero-order valence-electron chi connectivity index (χ0n) is 21.8. The summed E-state index contributed by atoms with van der Waals surface area (Å²) in [5, 5.41) is 14.0. The van der Waals surface area contributed by atoms with E-state index in [0.29, 0.717) is 34.2 Å². The number of nitrogens with zero attached hydrogens (tertiary/aromatic N) is 3. The zero-order chi connectivity index (χ0) is 28.0. The molecule has 2 fully saturated rings. The fourth-order valence-corrected chi connectivity index (χ4v) is 6.77. The average Bonchev–Trinajstić information content (AvgIpc) is 3.35. The molecule has 0 radical (unpaired) electrons. The first-order valence-corrected chi connectivity index (χ1v) is 14.3. The van der Waals surface area contributed by atoms with Crippen molar-refractivity contribution in [3.05, 3.63) is 64.7 Å². The number of thiazole rings is 1. The Labute approximate surface area is 232 Å². The molecular weight excluding hydrogens is 543 g/mol. The van der Waals surface area contributed by atoms with Crippen LogP contribution in [0.25, 0.3) is 21.5 Å². The van der Waals surface area contributed by atoms with E-state index in [1.807, 2.05) is 0 Å². The number of carboxylic acids is 1. The molecule has 1 unspecified atom stereocenters. The van der Waals surface area contributed by atoms with Crippen LogP contribution in [0.15, 0.2) is 34.9 Å². The highest BCUT2D eigenvalue weighted by atomic mass is 32.1. The molecule has 2 atom stereocenters. The molecule has 40 heavy (non-hydrogen) atoms. The zero-order valence-corrected chi connectivity index (χ0v) is 22.6. The molecule has 0 bridgehead atoms. The second kappa shape index (κ2) is 10.9. The lowest BCUT2D eigenvalue weighted by atomic mass is 10.0. The van der Waals surface area contributed by atoms with Gasteiger partial charge < -0.3 is 19.3 Å². The van der Waals surface area contributed by atoms with Gasteiger partial charge in [-0.1, -0.05) is 29.5 Å². The molecule has 11 heteroatoms. The van der Waals surface area contributed by atoms with Crippen molar-refractivity contribution in [3.63, 3.8) is 0 Å². The molecule has 0 amide bonds. The number of carbonyl (C=O) groups is 1. The minimum atomic E-state index is -1.18. The molecule has 2 aromatic heterocycles. The lowest BCUT2D eigenvalue weighted by Gasteiger charge is -2.29. The third-order valence-corrected chi connectivity index (χ3v) is 8.82. The summed E-state index contributed by atoms with van der Waals surface area (Å²) in [6.07, 6.45) is 5.30. The molecule has 1 saturated carbocycles. The number of rotatable bonds is 10. The third kappa shape index (κ3) is 4.96. The Kier molecular flexibility index (Phi) is 7.26. The minimum Gasteiger partial charge on any atom is -0.478 e. The molecule has 2 aromatic carbocycles. The maximum Gasteiger partial charge on any atom is 0.335 e. The van der Waals surface area contributed by atoms with Crippen LogP contribution in [0.5, 0.6) is 0 Å². The molecule has 3 heterocycles. The van der Waals surface area contributed by atoms with Crippen LogP contribution >= 0.6 is 11.3 Å². The van der Waals surface area contributed by atoms with Crippen molar-refractivity contribution in [2.75, 3.05) is 11.5 Å². The molecule has 210 valence electrons. The first-order chi connectivity index (χ1) is 19.4. The van der Waals surface area contributed by atoms with Gasteiger partial charge in [0.1, 0.15) is 28.6 Å². The van der Waals surface area contributed by atoms with Gasteiger partial charge in [0, 0.05) is 30.2 Å². The van der Waals surface area contributed by atoms with E-state index in [1.165, 1.54) is 35.6 Å². The van der Waals surface area contributed by atoms with Crippen LogP contribution in [0.1, 0.15) is 73.0 Å². The molecule has 0 spiro atoms. The fraction of sp³-hybridized carbons (Fsp3) is 0.414. The van der Waals surface area contributed by atoms with Crippen LogP contribution in [-0.4, -0.2) is 39.9 Å². The van der Waals surface area contributed by atoms with Crippen molar-refractivity contribution in [2.24, 2.45) is 0 Å². The normalized spacial score (nSPS) is 19.1. The van der Waals surface area contributed by atoms with Crippen LogP contribution in [0.2, 0.25) is 0 Å². The summed E-state index contributed by atoms with van der Waals surface area (Å²) in [4.78, 5) is 18.2. The number of aromatic nitrogens is 2. The SMILES string of the molecule is CCC1CC[C@@H](CCOCc2c(-c3c(F)cccc3F)noc2C2CC2)N1c1nc2c(F)cc(C(=O)O)cc2s1. The number of halogens is 3. The van der Waals surface area contributed by atoms with Gasteiger partial charge in [-0.25, -0.2) is 22.9 Å². The average molecular weight is 572 g/mol. The Morgan fingerprint density at radius 2 is 1.88 bits per heavy atom. The number of fused-ring (bicyclic) bond motifs is 1.